The maximum absolute atomic E-state index is 11.9. The third-order valence-electron chi connectivity index (χ3n) is 3.03. The van der Waals surface area contributed by atoms with Crippen molar-refractivity contribution in [1.82, 2.24) is 5.43 Å². The molecule has 0 unspecified atom stereocenters. The molecular formula is C14H10N4O7. The SMILES string of the molecule is O=C(N/N=C/c1cc([N+](=O)[O-])ccc1O)c1cc([N+](=O)[O-])ccc1O. The van der Waals surface area contributed by atoms with Crippen molar-refractivity contribution >= 4 is 23.5 Å². The van der Waals surface area contributed by atoms with Gasteiger partial charge in [-0.25, -0.2) is 5.43 Å². The Kier molecular flexibility index (Phi) is 4.88. The number of nitrogens with one attached hydrogen (secondary N) is 1. The van der Waals surface area contributed by atoms with E-state index in [1.165, 1.54) is 0 Å². The fourth-order valence-electron chi connectivity index (χ4n) is 1.80. The number of nitro groups is 2. The molecule has 3 N–H and O–H groups in total. The number of nitrogens with zero attached hydrogens (tertiary/aromatic N) is 3. The van der Waals surface area contributed by atoms with Gasteiger partial charge in [0.2, 0.25) is 0 Å². The highest BCUT2D eigenvalue weighted by Gasteiger charge is 2.16. The molecule has 0 aromatic heterocycles. The topological polar surface area (TPSA) is 168 Å². The fourth-order valence-corrected chi connectivity index (χ4v) is 1.80. The molecule has 0 bridgehead atoms. The minimum Gasteiger partial charge on any atom is -0.507 e. The lowest BCUT2D eigenvalue weighted by atomic mass is 10.1. The maximum atomic E-state index is 11.9. The zero-order valence-corrected chi connectivity index (χ0v) is 12.3. The number of rotatable bonds is 5. The predicted octanol–water partition coefficient (Wildman–Crippen LogP) is 1.68. The average molecular weight is 346 g/mol. The van der Waals surface area contributed by atoms with Crippen molar-refractivity contribution in [1.29, 1.82) is 0 Å². The van der Waals surface area contributed by atoms with Crippen molar-refractivity contribution in [2.24, 2.45) is 5.10 Å². The van der Waals surface area contributed by atoms with E-state index in [1.54, 1.807) is 0 Å². The van der Waals surface area contributed by atoms with Gasteiger partial charge in [0.25, 0.3) is 17.3 Å². The molecule has 0 aliphatic rings. The van der Waals surface area contributed by atoms with E-state index in [2.05, 4.69) is 5.10 Å². The van der Waals surface area contributed by atoms with Gasteiger partial charge >= 0.3 is 0 Å². The Balaban J connectivity index is 2.19. The van der Waals surface area contributed by atoms with E-state index in [9.17, 15) is 35.2 Å². The first-order chi connectivity index (χ1) is 11.8. The first-order valence-electron chi connectivity index (χ1n) is 6.58. The third-order valence-corrected chi connectivity index (χ3v) is 3.03. The Morgan fingerprint density at radius 2 is 1.56 bits per heavy atom. The quantitative estimate of drug-likeness (QED) is 0.420. The summed E-state index contributed by atoms with van der Waals surface area (Å²) in [7, 11) is 0. The van der Waals surface area contributed by atoms with Crippen molar-refractivity contribution in [2.75, 3.05) is 0 Å². The van der Waals surface area contributed by atoms with E-state index in [4.69, 9.17) is 0 Å². The number of phenolic OH excluding ortho intramolecular Hbond substituents is 2. The number of phenols is 2. The molecule has 25 heavy (non-hydrogen) atoms. The van der Waals surface area contributed by atoms with Gasteiger partial charge in [0.05, 0.1) is 21.6 Å². The summed E-state index contributed by atoms with van der Waals surface area (Å²) in [5, 5.41) is 44.1. The molecule has 2 aromatic rings. The molecule has 11 nitrogen and oxygen atoms in total. The molecule has 1 amide bonds. The van der Waals surface area contributed by atoms with Gasteiger partial charge in [0, 0.05) is 29.8 Å². The zero-order valence-electron chi connectivity index (χ0n) is 12.3. The van der Waals surface area contributed by atoms with Crippen LogP contribution in [0.1, 0.15) is 15.9 Å². The number of benzene rings is 2. The minimum absolute atomic E-state index is 0.0298. The molecule has 0 saturated carbocycles. The molecule has 0 saturated heterocycles. The Bertz CT molecular complexity index is 895. The summed E-state index contributed by atoms with van der Waals surface area (Å²) < 4.78 is 0. The van der Waals surface area contributed by atoms with Crippen LogP contribution in [0.4, 0.5) is 11.4 Å². The zero-order chi connectivity index (χ0) is 18.6. The van der Waals surface area contributed by atoms with Gasteiger partial charge < -0.3 is 10.2 Å². The van der Waals surface area contributed by atoms with Crippen molar-refractivity contribution in [2.45, 2.75) is 0 Å². The molecule has 0 heterocycles. The van der Waals surface area contributed by atoms with Crippen LogP contribution in [0.15, 0.2) is 41.5 Å². The summed E-state index contributed by atoms with van der Waals surface area (Å²) in [6, 6.07) is 6.10. The monoisotopic (exact) mass is 346 g/mol. The molecule has 0 aliphatic heterocycles. The van der Waals surface area contributed by atoms with E-state index >= 15 is 0 Å². The number of non-ortho nitro benzene ring substituents is 2. The van der Waals surface area contributed by atoms with E-state index < -0.39 is 27.2 Å². The number of hydrogen-bond donors (Lipinski definition) is 3. The van der Waals surface area contributed by atoms with Gasteiger partial charge in [0.1, 0.15) is 11.5 Å². The fraction of sp³-hybridized carbons (Fsp3) is 0. The lowest BCUT2D eigenvalue weighted by Gasteiger charge is -2.03. The van der Waals surface area contributed by atoms with Crippen LogP contribution in [-0.4, -0.2) is 32.2 Å². The van der Waals surface area contributed by atoms with Crippen LogP contribution in [0.5, 0.6) is 11.5 Å². The third kappa shape index (κ3) is 4.04. The number of carbonyl (C=O) groups is 1. The number of hydrazone groups is 1. The van der Waals surface area contributed by atoms with Crippen LogP contribution in [0, 0.1) is 20.2 Å². The van der Waals surface area contributed by atoms with Gasteiger partial charge in [-0.1, -0.05) is 0 Å². The second-order valence-corrected chi connectivity index (χ2v) is 4.66. The van der Waals surface area contributed by atoms with Gasteiger partial charge in [-0.05, 0) is 12.1 Å². The summed E-state index contributed by atoms with van der Waals surface area (Å²) in [4.78, 5) is 31.9. The van der Waals surface area contributed by atoms with Crippen molar-refractivity contribution < 1.29 is 24.9 Å². The van der Waals surface area contributed by atoms with Crippen molar-refractivity contribution in [3.63, 3.8) is 0 Å². The molecule has 2 aromatic carbocycles. The Hall–Kier alpha value is -4.02. The van der Waals surface area contributed by atoms with Crippen LogP contribution in [0.25, 0.3) is 0 Å². The van der Waals surface area contributed by atoms with Crippen molar-refractivity contribution in [3.05, 3.63) is 67.8 Å². The Morgan fingerprint density at radius 1 is 1.00 bits per heavy atom. The normalized spacial score (nSPS) is 10.6. The number of aromatic hydroxyl groups is 2. The second kappa shape index (κ2) is 7.04. The lowest BCUT2D eigenvalue weighted by Crippen LogP contribution is -2.18. The van der Waals surface area contributed by atoms with E-state index in [0.717, 1.165) is 42.6 Å². The molecule has 0 atom stereocenters. The van der Waals surface area contributed by atoms with Gasteiger partial charge in [-0.15, -0.1) is 0 Å². The lowest BCUT2D eigenvalue weighted by molar-refractivity contribution is -0.385. The molecule has 0 fully saturated rings. The first-order valence-corrected chi connectivity index (χ1v) is 6.58. The van der Waals surface area contributed by atoms with Crippen LogP contribution in [-0.2, 0) is 0 Å². The molecule has 11 heteroatoms. The smallest absolute Gasteiger partial charge is 0.275 e. The highest BCUT2D eigenvalue weighted by Crippen LogP contribution is 2.23. The second-order valence-electron chi connectivity index (χ2n) is 4.66. The largest absolute Gasteiger partial charge is 0.507 e. The number of amides is 1. The summed E-state index contributed by atoms with van der Waals surface area (Å²) in [5.41, 5.74) is 0.898. The van der Waals surface area contributed by atoms with Gasteiger partial charge in [-0.2, -0.15) is 5.10 Å². The number of carbonyl (C=O) groups excluding carboxylic acids is 1. The average Bonchev–Trinajstić information content (AvgIpc) is 2.56. The summed E-state index contributed by atoms with van der Waals surface area (Å²) in [6.07, 6.45) is 0.953. The van der Waals surface area contributed by atoms with E-state index in [0.29, 0.717) is 0 Å². The Morgan fingerprint density at radius 3 is 2.16 bits per heavy atom. The van der Waals surface area contributed by atoms with E-state index in [-0.39, 0.29) is 22.6 Å². The maximum Gasteiger partial charge on any atom is 0.275 e. The number of hydrogen-bond acceptors (Lipinski definition) is 8. The van der Waals surface area contributed by atoms with E-state index in [1.807, 2.05) is 5.43 Å². The predicted molar refractivity (Wildman–Crippen MR) is 84.6 cm³/mol. The standard InChI is InChI=1S/C14H10N4O7/c19-12-3-1-9(17(22)23)5-8(12)7-15-16-14(21)11-6-10(18(24)25)2-4-13(11)20/h1-7,19-20H,(H,16,21)/b15-7+. The molecule has 0 spiro atoms. The van der Waals surface area contributed by atoms with Gasteiger partial charge in [-0.3, -0.25) is 25.0 Å². The first kappa shape index (κ1) is 17.3. The highest BCUT2D eigenvalue weighted by atomic mass is 16.6. The van der Waals surface area contributed by atoms with Gasteiger partial charge in [0.15, 0.2) is 0 Å². The van der Waals surface area contributed by atoms with Crippen LogP contribution in [0.3, 0.4) is 0 Å². The molecule has 128 valence electrons. The summed E-state index contributed by atoms with van der Waals surface area (Å²) in [5.74, 6) is -1.74. The van der Waals surface area contributed by atoms with Crippen molar-refractivity contribution in [3.8, 4) is 11.5 Å². The molecule has 0 aliphatic carbocycles. The summed E-state index contributed by atoms with van der Waals surface area (Å²) >= 11 is 0. The molecular weight excluding hydrogens is 336 g/mol. The summed E-state index contributed by atoms with van der Waals surface area (Å²) in [6.45, 7) is 0. The highest BCUT2D eigenvalue weighted by molar-refractivity contribution is 5.98. The molecule has 0 radical (unpaired) electrons. The van der Waals surface area contributed by atoms with Crippen LogP contribution in [0.2, 0.25) is 0 Å². The minimum atomic E-state index is -0.942. The van der Waals surface area contributed by atoms with Crippen LogP contribution < -0.4 is 5.43 Å². The molecule has 2 rings (SSSR count). The number of nitro benzene ring substituents is 2. The van der Waals surface area contributed by atoms with Crippen LogP contribution >= 0.6 is 0 Å². The Labute approximate surface area is 139 Å².